The number of alkyl halides is 2. The van der Waals surface area contributed by atoms with Gasteiger partial charge in [-0.2, -0.15) is 8.78 Å². The van der Waals surface area contributed by atoms with Crippen LogP contribution in [0, 0.1) is 0 Å². The minimum atomic E-state index is -2.86. The summed E-state index contributed by atoms with van der Waals surface area (Å²) in [6.07, 6.45) is 1.54. The van der Waals surface area contributed by atoms with Gasteiger partial charge in [-0.3, -0.25) is 4.99 Å². The molecule has 0 saturated carbocycles. The van der Waals surface area contributed by atoms with Crippen molar-refractivity contribution in [2.24, 2.45) is 4.99 Å². The molecular formula is C20H15F2NO. The van der Waals surface area contributed by atoms with Crippen molar-refractivity contribution < 1.29 is 13.5 Å². The summed E-state index contributed by atoms with van der Waals surface area (Å²) < 4.78 is 29.5. The minimum Gasteiger partial charge on any atom is -0.434 e. The maximum atomic E-state index is 12.5. The van der Waals surface area contributed by atoms with Gasteiger partial charge in [-0.05, 0) is 23.8 Å². The Morgan fingerprint density at radius 1 is 0.792 bits per heavy atom. The predicted octanol–water partition coefficient (Wildman–Crippen LogP) is 5.71. The van der Waals surface area contributed by atoms with Gasteiger partial charge in [-0.25, -0.2) is 0 Å². The number of nitrogens with zero attached hydrogens (tertiary/aromatic N) is 1. The number of aliphatic imine (C=N–C) groups is 1. The second-order valence-corrected chi connectivity index (χ2v) is 5.06. The van der Waals surface area contributed by atoms with E-state index in [-0.39, 0.29) is 5.75 Å². The topological polar surface area (TPSA) is 21.6 Å². The Labute approximate surface area is 139 Å². The monoisotopic (exact) mass is 323 g/mol. The average molecular weight is 323 g/mol. The molecule has 0 heterocycles. The summed E-state index contributed by atoms with van der Waals surface area (Å²) in [4.78, 5) is 4.47. The SMILES string of the molecule is FC(F)Oc1ccccc1C=Nc1ccccc1-c1ccccc1. The van der Waals surface area contributed by atoms with Crippen molar-refractivity contribution >= 4 is 11.9 Å². The number of ether oxygens (including phenoxy) is 1. The Balaban J connectivity index is 1.94. The number of hydrogen-bond acceptors (Lipinski definition) is 2. The maximum absolute atomic E-state index is 12.5. The third-order valence-corrected chi connectivity index (χ3v) is 3.47. The largest absolute Gasteiger partial charge is 0.434 e. The van der Waals surface area contributed by atoms with Gasteiger partial charge in [-0.1, -0.05) is 60.7 Å². The molecule has 0 aliphatic carbocycles. The van der Waals surface area contributed by atoms with Crippen molar-refractivity contribution in [3.63, 3.8) is 0 Å². The lowest BCUT2D eigenvalue weighted by Crippen LogP contribution is -2.03. The Morgan fingerprint density at radius 3 is 2.25 bits per heavy atom. The van der Waals surface area contributed by atoms with Crippen molar-refractivity contribution in [2.45, 2.75) is 6.61 Å². The zero-order chi connectivity index (χ0) is 16.8. The number of halogens is 2. The van der Waals surface area contributed by atoms with Gasteiger partial charge in [0.2, 0.25) is 0 Å². The Hall–Kier alpha value is -3.01. The van der Waals surface area contributed by atoms with Gasteiger partial charge in [0.15, 0.2) is 0 Å². The van der Waals surface area contributed by atoms with Gasteiger partial charge in [0.25, 0.3) is 0 Å². The molecular weight excluding hydrogens is 308 g/mol. The third kappa shape index (κ3) is 3.84. The third-order valence-electron chi connectivity index (χ3n) is 3.47. The van der Waals surface area contributed by atoms with Crippen LogP contribution in [0.15, 0.2) is 83.9 Å². The first kappa shape index (κ1) is 15.9. The fraction of sp³-hybridized carbons (Fsp3) is 0.0500. The molecule has 3 rings (SSSR count). The normalized spacial score (nSPS) is 11.1. The quantitative estimate of drug-likeness (QED) is 0.551. The number of benzene rings is 3. The molecule has 0 aliphatic heterocycles. The number of hydrogen-bond donors (Lipinski definition) is 0. The molecule has 120 valence electrons. The van der Waals surface area contributed by atoms with Crippen LogP contribution in [0.4, 0.5) is 14.5 Å². The Bertz CT molecular complexity index is 832. The van der Waals surface area contributed by atoms with Crippen LogP contribution in [0.3, 0.4) is 0 Å². The van der Waals surface area contributed by atoms with E-state index in [1.165, 1.54) is 6.07 Å². The van der Waals surface area contributed by atoms with E-state index in [2.05, 4.69) is 9.73 Å². The highest BCUT2D eigenvalue weighted by Crippen LogP contribution is 2.30. The van der Waals surface area contributed by atoms with E-state index in [0.29, 0.717) is 5.56 Å². The molecule has 3 aromatic carbocycles. The lowest BCUT2D eigenvalue weighted by atomic mass is 10.0. The van der Waals surface area contributed by atoms with Crippen LogP contribution < -0.4 is 4.74 Å². The first-order valence-corrected chi connectivity index (χ1v) is 7.46. The molecule has 0 unspecified atom stereocenters. The smallest absolute Gasteiger partial charge is 0.387 e. The van der Waals surface area contributed by atoms with Crippen LogP contribution >= 0.6 is 0 Å². The second kappa shape index (κ2) is 7.51. The van der Waals surface area contributed by atoms with Gasteiger partial charge in [0, 0.05) is 17.3 Å². The molecule has 0 fully saturated rings. The van der Waals surface area contributed by atoms with Crippen molar-refractivity contribution in [2.75, 3.05) is 0 Å². The molecule has 0 bridgehead atoms. The molecule has 3 aromatic rings. The molecule has 2 nitrogen and oxygen atoms in total. The molecule has 0 amide bonds. The van der Waals surface area contributed by atoms with Crippen molar-refractivity contribution in [3.8, 4) is 16.9 Å². The summed E-state index contributed by atoms with van der Waals surface area (Å²) in [7, 11) is 0. The molecule has 0 spiro atoms. The molecule has 0 N–H and O–H groups in total. The van der Waals surface area contributed by atoms with Gasteiger partial charge in [0.1, 0.15) is 5.75 Å². The molecule has 0 radical (unpaired) electrons. The van der Waals surface area contributed by atoms with Crippen LogP contribution in [0.25, 0.3) is 11.1 Å². The molecule has 0 atom stereocenters. The van der Waals surface area contributed by atoms with Gasteiger partial charge < -0.3 is 4.74 Å². The molecule has 0 aromatic heterocycles. The van der Waals surface area contributed by atoms with Gasteiger partial charge in [0.05, 0.1) is 5.69 Å². The van der Waals surface area contributed by atoms with Gasteiger partial charge in [-0.15, -0.1) is 0 Å². The lowest BCUT2D eigenvalue weighted by Gasteiger charge is -2.08. The Kier molecular flexibility index (Phi) is 4.96. The summed E-state index contributed by atoms with van der Waals surface area (Å²) in [5.74, 6) is 0.105. The predicted molar refractivity (Wildman–Crippen MR) is 92.2 cm³/mol. The minimum absolute atomic E-state index is 0.105. The molecule has 24 heavy (non-hydrogen) atoms. The summed E-state index contributed by atoms with van der Waals surface area (Å²) in [5, 5.41) is 0. The van der Waals surface area contributed by atoms with E-state index in [1.54, 1.807) is 24.4 Å². The first-order chi connectivity index (χ1) is 11.7. The number of para-hydroxylation sites is 2. The van der Waals surface area contributed by atoms with Crippen LogP contribution in [0.1, 0.15) is 5.56 Å². The Morgan fingerprint density at radius 2 is 1.46 bits per heavy atom. The highest BCUT2D eigenvalue weighted by Gasteiger charge is 2.08. The van der Waals surface area contributed by atoms with E-state index < -0.39 is 6.61 Å². The highest BCUT2D eigenvalue weighted by molar-refractivity contribution is 5.88. The van der Waals surface area contributed by atoms with Crippen LogP contribution in [0.2, 0.25) is 0 Å². The van der Waals surface area contributed by atoms with E-state index in [9.17, 15) is 8.78 Å². The number of rotatable bonds is 5. The summed E-state index contributed by atoms with van der Waals surface area (Å²) in [6.45, 7) is -2.86. The standard InChI is InChI=1S/C20H15F2NO/c21-20(22)24-19-13-7-4-10-16(19)14-23-18-12-6-5-11-17(18)15-8-2-1-3-9-15/h1-14,20H. The van der Waals surface area contributed by atoms with Gasteiger partial charge >= 0.3 is 6.61 Å². The summed E-state index contributed by atoms with van der Waals surface area (Å²) in [5.41, 5.74) is 3.28. The lowest BCUT2D eigenvalue weighted by molar-refractivity contribution is -0.0499. The summed E-state index contributed by atoms with van der Waals surface area (Å²) >= 11 is 0. The molecule has 4 heteroatoms. The van der Waals surface area contributed by atoms with Crippen molar-refractivity contribution in [3.05, 3.63) is 84.4 Å². The fourth-order valence-electron chi connectivity index (χ4n) is 2.38. The van der Waals surface area contributed by atoms with Crippen LogP contribution in [0.5, 0.6) is 5.75 Å². The van der Waals surface area contributed by atoms with E-state index in [4.69, 9.17) is 0 Å². The maximum Gasteiger partial charge on any atom is 0.387 e. The van der Waals surface area contributed by atoms with Crippen LogP contribution in [-0.4, -0.2) is 12.8 Å². The van der Waals surface area contributed by atoms with E-state index >= 15 is 0 Å². The first-order valence-electron chi connectivity index (χ1n) is 7.46. The zero-order valence-electron chi connectivity index (χ0n) is 12.8. The average Bonchev–Trinajstić information content (AvgIpc) is 2.61. The van der Waals surface area contributed by atoms with Crippen molar-refractivity contribution in [1.29, 1.82) is 0 Å². The summed E-state index contributed by atoms with van der Waals surface area (Å²) in [6, 6.07) is 24.1. The molecule has 0 aliphatic rings. The molecule has 0 saturated heterocycles. The highest BCUT2D eigenvalue weighted by atomic mass is 19.3. The second-order valence-electron chi connectivity index (χ2n) is 5.06. The van der Waals surface area contributed by atoms with Crippen LogP contribution in [-0.2, 0) is 0 Å². The van der Waals surface area contributed by atoms with E-state index in [0.717, 1.165) is 16.8 Å². The van der Waals surface area contributed by atoms with E-state index in [1.807, 2.05) is 54.6 Å². The zero-order valence-corrected chi connectivity index (χ0v) is 12.8. The fourth-order valence-corrected chi connectivity index (χ4v) is 2.38. The van der Waals surface area contributed by atoms with Crippen molar-refractivity contribution in [1.82, 2.24) is 0 Å².